The number of nitrogens with zero attached hydrogens (tertiary/aromatic N) is 2. The summed E-state index contributed by atoms with van der Waals surface area (Å²) in [5.41, 5.74) is 1.27. The highest BCUT2D eigenvalue weighted by Gasteiger charge is 2.24. The summed E-state index contributed by atoms with van der Waals surface area (Å²) < 4.78 is 2.06. The molecular weight excluding hydrogens is 186 g/mol. The van der Waals surface area contributed by atoms with E-state index in [0.29, 0.717) is 0 Å². The quantitative estimate of drug-likeness (QED) is 0.807. The zero-order valence-corrected chi connectivity index (χ0v) is 10.6. The molecule has 0 aliphatic rings. The number of aromatic nitrogens is 2. The van der Waals surface area contributed by atoms with Gasteiger partial charge in [-0.3, -0.25) is 0 Å². The number of anilines is 1. The zero-order chi connectivity index (χ0) is 11.5. The minimum Gasteiger partial charge on any atom is -0.350 e. The van der Waals surface area contributed by atoms with Gasteiger partial charge in [-0.1, -0.05) is 20.8 Å². The molecule has 0 bridgehead atoms. The van der Waals surface area contributed by atoms with E-state index in [1.165, 1.54) is 0 Å². The first-order chi connectivity index (χ1) is 7.06. The summed E-state index contributed by atoms with van der Waals surface area (Å²) in [5.74, 6) is 0.984. The highest BCUT2D eigenvalue weighted by molar-refractivity contribution is 5.32. The minimum atomic E-state index is 0.200. The van der Waals surface area contributed by atoms with Crippen molar-refractivity contribution in [1.29, 1.82) is 0 Å². The van der Waals surface area contributed by atoms with Crippen LogP contribution in [0.5, 0.6) is 0 Å². The van der Waals surface area contributed by atoms with Gasteiger partial charge in [0, 0.05) is 18.8 Å². The first kappa shape index (κ1) is 12.1. The van der Waals surface area contributed by atoms with E-state index in [9.17, 15) is 0 Å². The van der Waals surface area contributed by atoms with Crippen LogP contribution in [0.2, 0.25) is 0 Å². The van der Waals surface area contributed by atoms with E-state index in [1.54, 1.807) is 0 Å². The minimum absolute atomic E-state index is 0.200. The van der Waals surface area contributed by atoms with Crippen molar-refractivity contribution in [3.05, 3.63) is 11.9 Å². The van der Waals surface area contributed by atoms with Crippen LogP contribution in [0.4, 0.5) is 5.95 Å². The summed E-state index contributed by atoms with van der Waals surface area (Å²) in [4.78, 5) is 4.49. The average molecular weight is 209 g/mol. The van der Waals surface area contributed by atoms with Crippen molar-refractivity contribution >= 4 is 5.95 Å². The Hall–Kier alpha value is -0.990. The monoisotopic (exact) mass is 209 g/mol. The van der Waals surface area contributed by atoms with E-state index in [0.717, 1.165) is 30.9 Å². The van der Waals surface area contributed by atoms with E-state index < -0.39 is 0 Å². The molecule has 3 nitrogen and oxygen atoms in total. The molecule has 86 valence electrons. The lowest BCUT2D eigenvalue weighted by atomic mass is 9.90. The molecule has 1 aromatic rings. The van der Waals surface area contributed by atoms with E-state index in [4.69, 9.17) is 0 Å². The van der Waals surface area contributed by atoms with Gasteiger partial charge in [0.05, 0.1) is 5.69 Å². The Bertz CT molecular complexity index is 302. The SMILES string of the molecule is CCC(CC)(CC)Nc1nc(C)cn1C. The van der Waals surface area contributed by atoms with Crippen LogP contribution in [-0.4, -0.2) is 15.1 Å². The second-order valence-electron chi connectivity index (χ2n) is 4.28. The maximum atomic E-state index is 4.49. The van der Waals surface area contributed by atoms with Crippen LogP contribution in [-0.2, 0) is 7.05 Å². The van der Waals surface area contributed by atoms with Crippen molar-refractivity contribution in [1.82, 2.24) is 9.55 Å². The van der Waals surface area contributed by atoms with Gasteiger partial charge in [-0.25, -0.2) is 4.98 Å². The number of nitrogens with one attached hydrogen (secondary N) is 1. The molecular formula is C12H23N3. The summed E-state index contributed by atoms with van der Waals surface area (Å²) >= 11 is 0. The molecule has 0 atom stereocenters. The van der Waals surface area contributed by atoms with Crippen LogP contribution in [0, 0.1) is 6.92 Å². The Labute approximate surface area is 92.9 Å². The second-order valence-corrected chi connectivity index (χ2v) is 4.28. The molecule has 0 aromatic carbocycles. The maximum Gasteiger partial charge on any atom is 0.203 e. The van der Waals surface area contributed by atoms with E-state index >= 15 is 0 Å². The van der Waals surface area contributed by atoms with Crippen LogP contribution in [0.1, 0.15) is 45.7 Å². The number of imidazole rings is 1. The van der Waals surface area contributed by atoms with Gasteiger partial charge in [0.1, 0.15) is 0 Å². The summed E-state index contributed by atoms with van der Waals surface area (Å²) in [6.45, 7) is 8.72. The van der Waals surface area contributed by atoms with Crippen LogP contribution in [0.3, 0.4) is 0 Å². The van der Waals surface area contributed by atoms with E-state index in [-0.39, 0.29) is 5.54 Å². The summed E-state index contributed by atoms with van der Waals surface area (Å²) in [5, 5.41) is 3.58. The Morgan fingerprint density at radius 1 is 1.27 bits per heavy atom. The van der Waals surface area contributed by atoms with Crippen LogP contribution in [0.25, 0.3) is 0 Å². The molecule has 0 saturated heterocycles. The molecule has 15 heavy (non-hydrogen) atoms. The molecule has 1 heterocycles. The first-order valence-corrected chi connectivity index (χ1v) is 5.85. The fraction of sp³-hybridized carbons (Fsp3) is 0.750. The molecule has 0 saturated carbocycles. The van der Waals surface area contributed by atoms with Gasteiger partial charge in [-0.05, 0) is 26.2 Å². The molecule has 0 radical (unpaired) electrons. The summed E-state index contributed by atoms with van der Waals surface area (Å²) in [7, 11) is 2.04. The topological polar surface area (TPSA) is 29.9 Å². The van der Waals surface area contributed by atoms with Gasteiger partial charge in [-0.2, -0.15) is 0 Å². The van der Waals surface area contributed by atoms with Gasteiger partial charge < -0.3 is 9.88 Å². The Morgan fingerprint density at radius 2 is 1.80 bits per heavy atom. The third kappa shape index (κ3) is 2.52. The zero-order valence-electron chi connectivity index (χ0n) is 10.6. The van der Waals surface area contributed by atoms with Crippen LogP contribution < -0.4 is 5.32 Å². The third-order valence-electron chi connectivity index (χ3n) is 3.40. The molecule has 0 fully saturated rings. The molecule has 0 spiro atoms. The Balaban J connectivity index is 2.87. The third-order valence-corrected chi connectivity index (χ3v) is 3.40. The van der Waals surface area contributed by atoms with Gasteiger partial charge in [-0.15, -0.1) is 0 Å². The molecule has 0 unspecified atom stereocenters. The fourth-order valence-electron chi connectivity index (χ4n) is 1.98. The highest BCUT2D eigenvalue weighted by atomic mass is 15.2. The Kier molecular flexibility index (Phi) is 3.77. The van der Waals surface area contributed by atoms with E-state index in [2.05, 4.69) is 35.6 Å². The lowest BCUT2D eigenvalue weighted by Gasteiger charge is -2.32. The van der Waals surface area contributed by atoms with Crippen molar-refractivity contribution in [2.75, 3.05) is 5.32 Å². The lowest BCUT2D eigenvalue weighted by molar-refractivity contribution is 0.416. The van der Waals surface area contributed by atoms with E-state index in [1.807, 2.05) is 20.2 Å². The standard InChI is InChI=1S/C12H23N3/c1-6-12(7-2,8-3)14-11-13-10(4)9-15(11)5/h9H,6-8H2,1-5H3,(H,13,14). The molecule has 0 amide bonds. The molecule has 0 aliphatic heterocycles. The van der Waals surface area contributed by atoms with Gasteiger partial charge in [0.25, 0.3) is 0 Å². The highest BCUT2D eigenvalue weighted by Crippen LogP contribution is 2.24. The number of hydrogen-bond acceptors (Lipinski definition) is 2. The smallest absolute Gasteiger partial charge is 0.203 e. The molecule has 3 heteroatoms. The lowest BCUT2D eigenvalue weighted by Crippen LogP contribution is -2.37. The average Bonchev–Trinajstić information content (AvgIpc) is 2.54. The predicted octanol–water partition coefficient (Wildman–Crippen LogP) is 3.11. The largest absolute Gasteiger partial charge is 0.350 e. The molecule has 0 aliphatic carbocycles. The van der Waals surface area contributed by atoms with Crippen LogP contribution in [0.15, 0.2) is 6.20 Å². The van der Waals surface area contributed by atoms with Crippen molar-refractivity contribution in [3.8, 4) is 0 Å². The summed E-state index contributed by atoms with van der Waals surface area (Å²) in [6.07, 6.45) is 5.44. The van der Waals surface area contributed by atoms with Crippen molar-refractivity contribution in [2.45, 2.75) is 52.5 Å². The van der Waals surface area contributed by atoms with Crippen molar-refractivity contribution < 1.29 is 0 Å². The number of aryl methyl sites for hydroxylation is 2. The Morgan fingerprint density at radius 3 is 2.13 bits per heavy atom. The number of rotatable bonds is 5. The normalized spacial score (nSPS) is 11.8. The molecule has 1 aromatic heterocycles. The first-order valence-electron chi connectivity index (χ1n) is 5.85. The fourth-order valence-corrected chi connectivity index (χ4v) is 1.98. The van der Waals surface area contributed by atoms with Gasteiger partial charge in [0.2, 0.25) is 5.95 Å². The molecule has 1 rings (SSSR count). The molecule has 1 N–H and O–H groups in total. The second kappa shape index (κ2) is 4.69. The van der Waals surface area contributed by atoms with Crippen molar-refractivity contribution in [3.63, 3.8) is 0 Å². The summed E-state index contributed by atoms with van der Waals surface area (Å²) in [6, 6.07) is 0. The van der Waals surface area contributed by atoms with Crippen LogP contribution >= 0.6 is 0 Å². The van der Waals surface area contributed by atoms with Gasteiger partial charge >= 0.3 is 0 Å². The predicted molar refractivity (Wildman–Crippen MR) is 65.2 cm³/mol. The maximum absolute atomic E-state index is 4.49. The van der Waals surface area contributed by atoms with Gasteiger partial charge in [0.15, 0.2) is 0 Å². The number of hydrogen-bond donors (Lipinski definition) is 1. The van der Waals surface area contributed by atoms with Crippen molar-refractivity contribution in [2.24, 2.45) is 7.05 Å².